The molecule has 1 aromatic carbocycles. The molecule has 118 valence electrons. The SMILES string of the molecule is Cc1cc(C(=O)NCc2ccc(Oc3nccs3)cc2)c(C)o1. The Morgan fingerprint density at radius 1 is 1.30 bits per heavy atom. The number of rotatable bonds is 5. The predicted molar refractivity (Wildman–Crippen MR) is 88.0 cm³/mol. The number of nitrogens with one attached hydrogen (secondary N) is 1. The molecule has 1 N–H and O–H groups in total. The lowest BCUT2D eigenvalue weighted by Crippen LogP contribution is -2.22. The maximum atomic E-state index is 12.1. The average molecular weight is 328 g/mol. The second-order valence-corrected chi connectivity index (χ2v) is 5.91. The molecule has 0 spiro atoms. The summed E-state index contributed by atoms with van der Waals surface area (Å²) in [5.74, 6) is 1.95. The Balaban J connectivity index is 1.58. The minimum Gasteiger partial charge on any atom is -0.466 e. The Hall–Kier alpha value is -2.60. The third-order valence-corrected chi connectivity index (χ3v) is 3.93. The second-order valence-electron chi connectivity index (χ2n) is 5.05. The molecule has 0 unspecified atom stereocenters. The van der Waals surface area contributed by atoms with Crippen molar-refractivity contribution in [3.8, 4) is 10.9 Å². The van der Waals surface area contributed by atoms with Crippen LogP contribution >= 0.6 is 11.3 Å². The number of hydrogen-bond donors (Lipinski definition) is 1. The number of nitrogens with zero attached hydrogens (tertiary/aromatic N) is 1. The van der Waals surface area contributed by atoms with Crippen LogP contribution in [0.25, 0.3) is 0 Å². The van der Waals surface area contributed by atoms with E-state index < -0.39 is 0 Å². The predicted octanol–water partition coefficient (Wildman–Crippen LogP) is 4.08. The highest BCUT2D eigenvalue weighted by molar-refractivity contribution is 7.11. The van der Waals surface area contributed by atoms with Crippen molar-refractivity contribution < 1.29 is 13.9 Å². The monoisotopic (exact) mass is 328 g/mol. The molecule has 2 heterocycles. The van der Waals surface area contributed by atoms with E-state index in [1.165, 1.54) is 11.3 Å². The number of hydrogen-bond acceptors (Lipinski definition) is 5. The first kappa shape index (κ1) is 15.3. The molecular weight excluding hydrogens is 312 g/mol. The van der Waals surface area contributed by atoms with Gasteiger partial charge >= 0.3 is 0 Å². The van der Waals surface area contributed by atoms with Gasteiger partial charge in [0.15, 0.2) is 0 Å². The van der Waals surface area contributed by atoms with Crippen LogP contribution in [-0.4, -0.2) is 10.9 Å². The molecule has 6 heteroatoms. The van der Waals surface area contributed by atoms with Gasteiger partial charge < -0.3 is 14.5 Å². The smallest absolute Gasteiger partial charge is 0.278 e. The fourth-order valence-electron chi connectivity index (χ4n) is 2.17. The maximum absolute atomic E-state index is 12.1. The Kier molecular flexibility index (Phi) is 4.43. The first-order chi connectivity index (χ1) is 11.1. The van der Waals surface area contributed by atoms with Crippen molar-refractivity contribution in [1.29, 1.82) is 0 Å². The van der Waals surface area contributed by atoms with E-state index in [1.54, 1.807) is 19.2 Å². The molecular formula is C17H16N2O3S. The van der Waals surface area contributed by atoms with Crippen LogP contribution < -0.4 is 10.1 Å². The van der Waals surface area contributed by atoms with E-state index in [0.717, 1.165) is 17.1 Å². The van der Waals surface area contributed by atoms with Crippen molar-refractivity contribution in [3.63, 3.8) is 0 Å². The lowest BCUT2D eigenvalue weighted by atomic mass is 10.2. The molecule has 1 amide bonds. The average Bonchev–Trinajstić information content (AvgIpc) is 3.15. The number of carbonyl (C=O) groups excluding carboxylic acids is 1. The highest BCUT2D eigenvalue weighted by Gasteiger charge is 2.12. The van der Waals surface area contributed by atoms with Gasteiger partial charge in [0.25, 0.3) is 11.1 Å². The summed E-state index contributed by atoms with van der Waals surface area (Å²) in [6, 6.07) is 9.29. The summed E-state index contributed by atoms with van der Waals surface area (Å²) < 4.78 is 11.0. The minimum absolute atomic E-state index is 0.137. The largest absolute Gasteiger partial charge is 0.466 e. The van der Waals surface area contributed by atoms with Gasteiger partial charge in [-0.1, -0.05) is 23.5 Å². The molecule has 0 saturated carbocycles. The molecule has 0 radical (unpaired) electrons. The summed E-state index contributed by atoms with van der Waals surface area (Å²) >= 11 is 1.44. The molecule has 0 saturated heterocycles. The summed E-state index contributed by atoms with van der Waals surface area (Å²) in [6.07, 6.45) is 1.70. The Morgan fingerprint density at radius 3 is 2.70 bits per heavy atom. The fourth-order valence-corrected chi connectivity index (χ4v) is 2.67. The van der Waals surface area contributed by atoms with E-state index in [-0.39, 0.29) is 5.91 Å². The lowest BCUT2D eigenvalue weighted by molar-refractivity contribution is 0.0949. The van der Waals surface area contributed by atoms with Gasteiger partial charge in [-0.15, -0.1) is 0 Å². The van der Waals surface area contributed by atoms with Crippen molar-refractivity contribution in [2.45, 2.75) is 20.4 Å². The van der Waals surface area contributed by atoms with Gasteiger partial charge in [0.2, 0.25) is 0 Å². The van der Waals surface area contributed by atoms with Crippen molar-refractivity contribution in [2.75, 3.05) is 0 Å². The van der Waals surface area contributed by atoms with Crippen LogP contribution in [0.4, 0.5) is 0 Å². The molecule has 0 aliphatic heterocycles. The van der Waals surface area contributed by atoms with Crippen molar-refractivity contribution in [2.24, 2.45) is 0 Å². The topological polar surface area (TPSA) is 64.4 Å². The van der Waals surface area contributed by atoms with Gasteiger partial charge in [-0.2, -0.15) is 0 Å². The van der Waals surface area contributed by atoms with Gasteiger partial charge in [-0.3, -0.25) is 4.79 Å². The fraction of sp³-hybridized carbons (Fsp3) is 0.176. The molecule has 3 rings (SSSR count). The zero-order valence-corrected chi connectivity index (χ0v) is 13.6. The number of aromatic nitrogens is 1. The van der Waals surface area contributed by atoms with E-state index in [1.807, 2.05) is 36.6 Å². The summed E-state index contributed by atoms with van der Waals surface area (Å²) in [5, 5.41) is 5.35. The van der Waals surface area contributed by atoms with Crippen LogP contribution in [0.15, 0.2) is 46.3 Å². The molecule has 0 fully saturated rings. The van der Waals surface area contributed by atoms with Crippen LogP contribution in [0.1, 0.15) is 27.4 Å². The number of benzene rings is 1. The van der Waals surface area contributed by atoms with E-state index in [9.17, 15) is 4.79 Å². The highest BCUT2D eigenvalue weighted by Crippen LogP contribution is 2.23. The van der Waals surface area contributed by atoms with E-state index in [0.29, 0.717) is 23.1 Å². The van der Waals surface area contributed by atoms with Crippen molar-refractivity contribution in [1.82, 2.24) is 10.3 Å². The molecule has 5 nitrogen and oxygen atoms in total. The number of amides is 1. The number of ether oxygens (including phenoxy) is 1. The van der Waals surface area contributed by atoms with Gasteiger partial charge in [0.05, 0.1) is 5.56 Å². The third kappa shape index (κ3) is 3.78. The number of furan rings is 1. The normalized spacial score (nSPS) is 10.5. The molecule has 2 aromatic heterocycles. The Morgan fingerprint density at radius 2 is 2.09 bits per heavy atom. The molecule has 3 aromatic rings. The molecule has 0 aliphatic carbocycles. The van der Waals surface area contributed by atoms with Crippen LogP contribution in [0.3, 0.4) is 0 Å². The molecule has 0 bridgehead atoms. The molecule has 23 heavy (non-hydrogen) atoms. The third-order valence-electron chi connectivity index (χ3n) is 3.28. The summed E-state index contributed by atoms with van der Waals surface area (Å²) in [4.78, 5) is 16.2. The van der Waals surface area contributed by atoms with Crippen molar-refractivity contribution >= 4 is 17.2 Å². The summed E-state index contributed by atoms with van der Waals surface area (Å²) in [7, 11) is 0. The summed E-state index contributed by atoms with van der Waals surface area (Å²) in [5.41, 5.74) is 1.56. The van der Waals surface area contributed by atoms with Gasteiger partial charge in [-0.05, 0) is 37.6 Å². The van der Waals surface area contributed by atoms with Gasteiger partial charge in [-0.25, -0.2) is 4.98 Å². The first-order valence-corrected chi connectivity index (χ1v) is 8.01. The van der Waals surface area contributed by atoms with Gasteiger partial charge in [0.1, 0.15) is 17.3 Å². The zero-order valence-electron chi connectivity index (χ0n) is 12.8. The number of thiazole rings is 1. The second kappa shape index (κ2) is 6.66. The summed E-state index contributed by atoms with van der Waals surface area (Å²) in [6.45, 7) is 4.05. The van der Waals surface area contributed by atoms with E-state index in [4.69, 9.17) is 9.15 Å². The number of aryl methyl sites for hydroxylation is 2. The molecule has 0 atom stereocenters. The zero-order chi connectivity index (χ0) is 16.2. The van der Waals surface area contributed by atoms with Crippen LogP contribution in [-0.2, 0) is 6.54 Å². The Bertz CT molecular complexity index is 792. The highest BCUT2D eigenvalue weighted by atomic mass is 32.1. The quantitative estimate of drug-likeness (QED) is 0.766. The lowest BCUT2D eigenvalue weighted by Gasteiger charge is -2.06. The Labute approximate surface area is 137 Å². The number of carbonyl (C=O) groups is 1. The van der Waals surface area contributed by atoms with Crippen molar-refractivity contribution in [3.05, 3.63) is 64.6 Å². The first-order valence-electron chi connectivity index (χ1n) is 7.13. The van der Waals surface area contributed by atoms with Gasteiger partial charge in [0, 0.05) is 18.1 Å². The van der Waals surface area contributed by atoms with E-state index >= 15 is 0 Å². The maximum Gasteiger partial charge on any atom is 0.278 e. The van der Waals surface area contributed by atoms with Crippen LogP contribution in [0, 0.1) is 13.8 Å². The molecule has 0 aliphatic rings. The van der Waals surface area contributed by atoms with E-state index in [2.05, 4.69) is 10.3 Å². The minimum atomic E-state index is -0.137. The van der Waals surface area contributed by atoms with Crippen LogP contribution in [0.5, 0.6) is 10.9 Å². The van der Waals surface area contributed by atoms with Crippen LogP contribution in [0.2, 0.25) is 0 Å². The standard InChI is InChI=1S/C17H16N2O3S/c1-11-9-15(12(2)21-11)16(20)19-10-13-3-5-14(6-4-13)22-17-18-7-8-23-17/h3-9H,10H2,1-2H3,(H,19,20).